The summed E-state index contributed by atoms with van der Waals surface area (Å²) in [5.74, 6) is -1.20. The van der Waals surface area contributed by atoms with Crippen LogP contribution in [0.1, 0.15) is 9.81 Å². The van der Waals surface area contributed by atoms with Crippen LogP contribution in [0.2, 0.25) is 0 Å². The van der Waals surface area contributed by atoms with Gasteiger partial charge in [-0.15, -0.1) is 0 Å². The van der Waals surface area contributed by atoms with Crippen molar-refractivity contribution >= 4 is 20.9 Å². The number of pyridine rings is 1. The number of alkyl halides is 2. The van der Waals surface area contributed by atoms with Crippen LogP contribution < -0.4 is 14.2 Å². The fourth-order valence-electron chi connectivity index (χ4n) is 2.41. The van der Waals surface area contributed by atoms with Crippen LogP contribution in [0, 0.1) is 0 Å². The van der Waals surface area contributed by atoms with Crippen LogP contribution in [-0.2, 0) is 15.6 Å². The molecule has 0 aliphatic carbocycles. The molecule has 2 heterocycles. The third kappa shape index (κ3) is 3.92. The van der Waals surface area contributed by atoms with Crippen molar-refractivity contribution in [2.24, 2.45) is 0 Å². The highest BCUT2D eigenvalue weighted by molar-refractivity contribution is 7.90. The van der Waals surface area contributed by atoms with Crippen LogP contribution in [-0.4, -0.2) is 44.1 Å². The van der Waals surface area contributed by atoms with Gasteiger partial charge in [-0.25, -0.2) is 13.4 Å². The van der Waals surface area contributed by atoms with Gasteiger partial charge in [-0.3, -0.25) is 4.98 Å². The number of benzene rings is 1. The first-order valence-electron chi connectivity index (χ1n) is 8.87. The number of ether oxygens (including phenoxy) is 3. The number of aromatic nitrogens is 3. The summed E-state index contributed by atoms with van der Waals surface area (Å²) >= 11 is 0. The second-order valence-corrected chi connectivity index (χ2v) is 7.15. The van der Waals surface area contributed by atoms with E-state index in [1.54, 1.807) is 0 Å². The first-order valence-corrected chi connectivity index (χ1v) is 9.02. The zero-order valence-corrected chi connectivity index (χ0v) is 14.6. The van der Waals surface area contributed by atoms with Crippen molar-refractivity contribution in [2.45, 2.75) is 17.5 Å². The average molecular weight is 402 g/mol. The Bertz CT molecular complexity index is 1170. The molecule has 0 atom stereocenters. The maximum absolute atomic E-state index is 12.8. The molecule has 2 aromatic heterocycles. The number of hydrogen-bond donors (Lipinski definition) is 1. The van der Waals surface area contributed by atoms with E-state index in [4.69, 9.17) is 13.6 Å². The number of nitrogens with one attached hydrogen (secondary N) is 1. The number of rotatable bonds is 7. The van der Waals surface area contributed by atoms with Gasteiger partial charge in [-0.2, -0.15) is 8.78 Å². The van der Waals surface area contributed by atoms with Crippen molar-refractivity contribution in [1.29, 1.82) is 0 Å². The molecule has 0 spiro atoms. The van der Waals surface area contributed by atoms with Gasteiger partial charge in [0.05, 0.1) is 29.3 Å². The number of methoxy groups -OCH3 is 2. The molecule has 0 saturated heterocycles. The number of fused-ring (bicyclic) bond motifs is 1. The van der Waals surface area contributed by atoms with Crippen molar-refractivity contribution in [2.75, 3.05) is 14.1 Å². The summed E-state index contributed by atoms with van der Waals surface area (Å²) in [4.78, 5) is 10.4. The molecule has 0 aliphatic rings. The van der Waals surface area contributed by atoms with Gasteiger partial charge in [0.2, 0.25) is 15.0 Å². The lowest BCUT2D eigenvalue weighted by atomic mass is 10.3. The van der Waals surface area contributed by atoms with E-state index in [0.29, 0.717) is 0 Å². The Morgan fingerprint density at radius 1 is 1.30 bits per heavy atom. The van der Waals surface area contributed by atoms with E-state index in [2.05, 4.69) is 19.7 Å². The Balaban J connectivity index is 1.94. The minimum Gasteiger partial charge on any atom is -0.493 e. The molecule has 0 amide bonds. The monoisotopic (exact) mass is 402 g/mol. The number of halogens is 2. The predicted molar refractivity (Wildman–Crippen MR) is 91.0 cm³/mol. The van der Waals surface area contributed by atoms with E-state index in [1.807, 2.05) is 0 Å². The van der Waals surface area contributed by atoms with Crippen molar-refractivity contribution in [3.8, 4) is 17.2 Å². The number of nitrogens with zero attached hydrogens (tertiary/aromatic N) is 2. The third-order valence-corrected chi connectivity index (χ3v) is 4.97. The van der Waals surface area contributed by atoms with E-state index in [1.165, 1.54) is 37.6 Å². The summed E-state index contributed by atoms with van der Waals surface area (Å²) in [5, 5.41) is -0.433. The second kappa shape index (κ2) is 7.35. The van der Waals surface area contributed by atoms with Gasteiger partial charge in [-0.1, -0.05) is 0 Å². The minimum absolute atomic E-state index is 0.0959. The maximum atomic E-state index is 12.8. The Kier molecular flexibility index (Phi) is 4.12. The quantitative estimate of drug-likeness (QED) is 0.648. The van der Waals surface area contributed by atoms with Gasteiger partial charge >= 0.3 is 6.61 Å². The van der Waals surface area contributed by atoms with Crippen LogP contribution in [0.3, 0.4) is 0 Å². The first kappa shape index (κ1) is 15.1. The lowest BCUT2D eigenvalue weighted by Gasteiger charge is -2.11. The molecule has 0 fully saturated rings. The number of H-pyrrole nitrogens is 1. The van der Waals surface area contributed by atoms with E-state index in [0.717, 1.165) is 0 Å². The van der Waals surface area contributed by atoms with Crippen LogP contribution in [0.25, 0.3) is 11.0 Å². The Labute approximate surface area is 157 Å². The highest BCUT2D eigenvalue weighted by Gasteiger charge is 2.24. The summed E-state index contributed by atoms with van der Waals surface area (Å²) in [6.45, 7) is -3.03. The summed E-state index contributed by atoms with van der Waals surface area (Å²) < 4.78 is 86.1. The molecule has 3 aromatic rings. The zero-order chi connectivity index (χ0) is 22.1. The third-order valence-electron chi connectivity index (χ3n) is 3.53. The van der Waals surface area contributed by atoms with Crippen LogP contribution >= 0.6 is 0 Å². The highest BCUT2D eigenvalue weighted by Crippen LogP contribution is 2.31. The van der Waals surface area contributed by atoms with Crippen LogP contribution in [0.15, 0.2) is 35.6 Å². The molecule has 144 valence electrons. The van der Waals surface area contributed by atoms with E-state index in [-0.39, 0.29) is 34.0 Å². The number of aromatic amines is 1. The molecule has 0 saturated carbocycles. The van der Waals surface area contributed by atoms with Crippen molar-refractivity contribution in [1.82, 2.24) is 15.0 Å². The Hall–Kier alpha value is -2.95. The number of hydrogen-bond acceptors (Lipinski definition) is 7. The molecule has 1 aromatic carbocycles. The molecule has 27 heavy (non-hydrogen) atoms. The summed E-state index contributed by atoms with van der Waals surface area (Å²) in [6, 6.07) is 4.97. The maximum Gasteiger partial charge on any atom is 0.387 e. The second-order valence-electron chi connectivity index (χ2n) is 5.25. The smallest absolute Gasteiger partial charge is 0.387 e. The molecular weight excluding hydrogens is 384 g/mol. The van der Waals surface area contributed by atoms with Gasteiger partial charge in [-0.05, 0) is 12.1 Å². The van der Waals surface area contributed by atoms with Gasteiger partial charge in [0.25, 0.3) is 0 Å². The lowest BCUT2D eigenvalue weighted by molar-refractivity contribution is -0.0497. The normalized spacial score (nSPS) is 13.9. The van der Waals surface area contributed by atoms with Gasteiger partial charge in [0, 0.05) is 18.3 Å². The van der Waals surface area contributed by atoms with Crippen LogP contribution in [0.4, 0.5) is 8.78 Å². The molecule has 0 bridgehead atoms. The van der Waals surface area contributed by atoms with Gasteiger partial charge in [0.15, 0.2) is 11.5 Å². The Morgan fingerprint density at radius 3 is 2.81 bits per heavy atom. The van der Waals surface area contributed by atoms with Crippen molar-refractivity contribution < 1.29 is 35.5 Å². The summed E-state index contributed by atoms with van der Waals surface area (Å²) in [6.07, 6.45) is 1.18. The predicted octanol–water partition coefficient (Wildman–Crippen LogP) is 2.55. The molecule has 1 N–H and O–H groups in total. The molecule has 8 nitrogen and oxygen atoms in total. The van der Waals surface area contributed by atoms with Gasteiger partial charge in [0.1, 0.15) is 17.2 Å². The van der Waals surface area contributed by atoms with Crippen molar-refractivity contribution in [3.63, 3.8) is 0 Å². The number of sulfone groups is 1. The summed E-state index contributed by atoms with van der Waals surface area (Å²) in [7, 11) is -5.66. The fraction of sp³-hybridized carbons (Fsp3) is 0.250. The topological polar surface area (TPSA) is 103 Å². The molecule has 11 heteroatoms. The molecular formula is C16H15F2N3O5S. The molecule has 0 unspecified atom stereocenters. The number of imidazole rings is 1. The fourth-order valence-corrected chi connectivity index (χ4v) is 3.62. The van der Waals surface area contributed by atoms with E-state index in [9.17, 15) is 17.2 Å². The van der Waals surface area contributed by atoms with E-state index >= 15 is 0 Å². The standard InChI is InChI=1S/C16H15F2N3O5S/c1-24-13-5-6-19-12(14(13)25-2)8-27(22,23)16-20-10-4-3-9(26-15(17)18)7-11(10)21-16/h3-7,15H,8H2,1-2H3,(H,20,21)/i1D3. The summed E-state index contributed by atoms with van der Waals surface area (Å²) in [5.41, 5.74) is 0.294. The largest absolute Gasteiger partial charge is 0.493 e. The minimum atomic E-state index is -4.10. The Morgan fingerprint density at radius 2 is 2.11 bits per heavy atom. The molecule has 0 aliphatic heterocycles. The van der Waals surface area contributed by atoms with Crippen LogP contribution in [0.5, 0.6) is 17.2 Å². The van der Waals surface area contributed by atoms with E-state index < -0.39 is 34.4 Å². The molecule has 3 rings (SSSR count). The SMILES string of the molecule is [2H]C([2H])([2H])Oc1ccnc(CS(=O)(=O)c2nc3ccc(OC(F)F)cc3[nH]2)c1OC. The zero-order valence-electron chi connectivity index (χ0n) is 16.8. The lowest BCUT2D eigenvalue weighted by Crippen LogP contribution is -2.10. The first-order chi connectivity index (χ1) is 14.0. The average Bonchev–Trinajstić information content (AvgIpc) is 3.04. The highest BCUT2D eigenvalue weighted by atomic mass is 32.2. The van der Waals surface area contributed by atoms with Gasteiger partial charge < -0.3 is 19.2 Å². The molecule has 0 radical (unpaired) electrons. The van der Waals surface area contributed by atoms with Crippen molar-refractivity contribution in [3.05, 3.63) is 36.2 Å².